The molecule has 4 rings (SSSR count). The van der Waals surface area contributed by atoms with Crippen LogP contribution in [0.5, 0.6) is 5.75 Å². The average Bonchev–Trinajstić information content (AvgIpc) is 3.09. The van der Waals surface area contributed by atoms with Crippen molar-refractivity contribution >= 4 is 29.0 Å². The van der Waals surface area contributed by atoms with E-state index >= 15 is 0 Å². The molecular formula is C38H42N2O5. The molecule has 0 heterocycles. The third-order valence-corrected chi connectivity index (χ3v) is 7.54. The summed E-state index contributed by atoms with van der Waals surface area (Å²) in [5.41, 5.74) is 3.43. The zero-order chi connectivity index (χ0) is 31.9. The summed E-state index contributed by atoms with van der Waals surface area (Å²) in [6.45, 7) is 3.17. The molecule has 0 aromatic heterocycles. The molecule has 1 N–H and O–H groups in total. The fraction of sp³-hybridized carbons (Fsp3) is 0.289. The van der Waals surface area contributed by atoms with Crippen LogP contribution in [0.3, 0.4) is 0 Å². The molecule has 1 amide bonds. The van der Waals surface area contributed by atoms with Crippen LogP contribution in [0, 0.1) is 0 Å². The van der Waals surface area contributed by atoms with Gasteiger partial charge in [-0.15, -0.1) is 0 Å². The molecule has 0 fully saturated rings. The van der Waals surface area contributed by atoms with Crippen LogP contribution in [-0.2, 0) is 20.7 Å². The minimum atomic E-state index is -0.703. The topological polar surface area (TPSA) is 84.9 Å². The fourth-order valence-electron chi connectivity index (χ4n) is 5.11. The molecular weight excluding hydrogens is 564 g/mol. The minimum absolute atomic E-state index is 0.128. The first-order chi connectivity index (χ1) is 22.0. The van der Waals surface area contributed by atoms with Gasteiger partial charge in [-0.05, 0) is 54.8 Å². The number of amides is 1. The number of benzene rings is 4. The van der Waals surface area contributed by atoms with Crippen molar-refractivity contribution in [3.05, 3.63) is 126 Å². The number of ether oxygens (including phenoxy) is 2. The molecule has 0 radical (unpaired) electrons. The maximum absolute atomic E-state index is 13.2. The van der Waals surface area contributed by atoms with E-state index in [0.29, 0.717) is 55.0 Å². The lowest BCUT2D eigenvalue weighted by Crippen LogP contribution is -2.33. The number of esters is 1. The van der Waals surface area contributed by atoms with Gasteiger partial charge < -0.3 is 19.7 Å². The lowest BCUT2D eigenvalue weighted by atomic mass is 10.00. The molecule has 0 aliphatic carbocycles. The Hall–Kier alpha value is -4.91. The predicted octanol–water partition coefficient (Wildman–Crippen LogP) is 7.50. The highest BCUT2D eigenvalue weighted by Crippen LogP contribution is 2.23. The second-order valence-electron chi connectivity index (χ2n) is 10.8. The molecule has 4 aromatic carbocycles. The van der Waals surface area contributed by atoms with E-state index in [1.54, 1.807) is 30.3 Å². The van der Waals surface area contributed by atoms with Crippen LogP contribution in [-0.4, -0.2) is 44.0 Å². The van der Waals surface area contributed by atoms with Gasteiger partial charge in [-0.3, -0.25) is 9.59 Å². The smallest absolute Gasteiger partial charge is 0.328 e. The molecule has 4 aromatic rings. The van der Waals surface area contributed by atoms with Crippen LogP contribution in [0.1, 0.15) is 60.5 Å². The van der Waals surface area contributed by atoms with Crippen molar-refractivity contribution in [2.24, 2.45) is 0 Å². The van der Waals surface area contributed by atoms with Gasteiger partial charge in [0.1, 0.15) is 11.8 Å². The van der Waals surface area contributed by atoms with Gasteiger partial charge in [0.2, 0.25) is 5.91 Å². The molecule has 0 bridgehead atoms. The summed E-state index contributed by atoms with van der Waals surface area (Å²) in [7, 11) is 1.35. The molecule has 0 saturated heterocycles. The van der Waals surface area contributed by atoms with Crippen molar-refractivity contribution in [1.29, 1.82) is 0 Å². The fourth-order valence-corrected chi connectivity index (χ4v) is 5.11. The maximum atomic E-state index is 13.2. The van der Waals surface area contributed by atoms with Gasteiger partial charge in [-0.1, -0.05) is 92.6 Å². The number of nitrogens with zero attached hydrogens (tertiary/aromatic N) is 1. The van der Waals surface area contributed by atoms with Crippen molar-refractivity contribution in [2.75, 3.05) is 30.5 Å². The summed E-state index contributed by atoms with van der Waals surface area (Å²) in [4.78, 5) is 40.8. The van der Waals surface area contributed by atoms with E-state index in [4.69, 9.17) is 9.47 Å². The summed E-state index contributed by atoms with van der Waals surface area (Å²) in [6, 6.07) is 32.9. The summed E-state index contributed by atoms with van der Waals surface area (Å²) in [5.74, 6) is 0.293. The number of nitrogens with one attached hydrogen (secondary N) is 1. The largest absolute Gasteiger partial charge is 0.494 e. The highest BCUT2D eigenvalue weighted by molar-refractivity contribution is 6.12. The van der Waals surface area contributed by atoms with Crippen molar-refractivity contribution in [3.63, 3.8) is 0 Å². The van der Waals surface area contributed by atoms with Gasteiger partial charge in [0.05, 0.1) is 13.7 Å². The van der Waals surface area contributed by atoms with Gasteiger partial charge in [0.25, 0.3) is 0 Å². The summed E-state index contributed by atoms with van der Waals surface area (Å²) in [5, 5.41) is 3.24. The van der Waals surface area contributed by atoms with Crippen molar-refractivity contribution in [1.82, 2.24) is 0 Å². The summed E-state index contributed by atoms with van der Waals surface area (Å²) < 4.78 is 11.1. The normalized spacial score (nSPS) is 11.3. The van der Waals surface area contributed by atoms with E-state index in [9.17, 15) is 14.4 Å². The van der Waals surface area contributed by atoms with Gasteiger partial charge in [-0.2, -0.15) is 0 Å². The average molecular weight is 607 g/mol. The Bertz CT molecular complexity index is 1510. The van der Waals surface area contributed by atoms with Crippen molar-refractivity contribution < 1.29 is 23.9 Å². The molecule has 0 spiro atoms. The molecule has 1 atom stereocenters. The number of ketones is 1. The molecule has 0 aliphatic rings. The molecule has 0 saturated carbocycles. The highest BCUT2D eigenvalue weighted by Gasteiger charge is 2.23. The van der Waals surface area contributed by atoms with Gasteiger partial charge in [-0.25, -0.2) is 4.79 Å². The Balaban J connectivity index is 1.35. The maximum Gasteiger partial charge on any atom is 0.328 e. The molecule has 7 nitrogen and oxygen atoms in total. The Kier molecular flexibility index (Phi) is 12.8. The SMILES string of the molecule is CCCCCC(=O)N(CCCOc1ccc(CC(Nc2ccccc2C(=O)c2ccccc2)C(=O)OC)cc1)c1ccccc1. The lowest BCUT2D eigenvalue weighted by molar-refractivity contribution is -0.141. The number of rotatable bonds is 17. The van der Waals surface area contributed by atoms with Crippen LogP contribution in [0.4, 0.5) is 11.4 Å². The molecule has 45 heavy (non-hydrogen) atoms. The standard InChI is InChI=1S/C38H42N2O5/c1-3-4-7-21-36(41)40(31-17-10-6-11-18-31)26-14-27-45-32-24-22-29(23-25-32)28-35(38(43)44-2)39-34-20-13-12-19-33(34)37(42)30-15-8-5-9-16-30/h5-6,8-13,15-20,22-25,35,39H,3-4,7,14,21,26-28H2,1-2H3. The number of unbranched alkanes of at least 4 members (excludes halogenated alkanes) is 2. The van der Waals surface area contributed by atoms with Gasteiger partial charge in [0, 0.05) is 41.9 Å². The Morgan fingerprint density at radius 2 is 1.44 bits per heavy atom. The van der Waals surface area contributed by atoms with E-state index in [-0.39, 0.29) is 11.7 Å². The van der Waals surface area contributed by atoms with Crippen LogP contribution >= 0.6 is 0 Å². The quantitative estimate of drug-likeness (QED) is 0.0761. The number of hydrogen-bond donors (Lipinski definition) is 1. The van der Waals surface area contributed by atoms with E-state index in [1.807, 2.05) is 83.8 Å². The molecule has 234 valence electrons. The number of carbonyl (C=O) groups excluding carboxylic acids is 3. The first-order valence-corrected chi connectivity index (χ1v) is 15.6. The van der Waals surface area contributed by atoms with E-state index in [1.165, 1.54) is 7.11 Å². The number of hydrogen-bond acceptors (Lipinski definition) is 6. The summed E-state index contributed by atoms with van der Waals surface area (Å²) in [6.07, 6.45) is 4.60. The molecule has 0 aliphatic heterocycles. The molecule has 7 heteroatoms. The Morgan fingerprint density at radius 3 is 2.13 bits per heavy atom. The van der Waals surface area contributed by atoms with Gasteiger partial charge >= 0.3 is 5.97 Å². The van der Waals surface area contributed by atoms with Crippen LogP contribution in [0.15, 0.2) is 109 Å². The number of carbonyl (C=O) groups is 3. The predicted molar refractivity (Wildman–Crippen MR) is 179 cm³/mol. The lowest BCUT2D eigenvalue weighted by Gasteiger charge is -2.23. The van der Waals surface area contributed by atoms with Crippen LogP contribution < -0.4 is 15.0 Å². The third kappa shape index (κ3) is 9.80. The first-order valence-electron chi connectivity index (χ1n) is 15.6. The number of methoxy groups -OCH3 is 1. The Morgan fingerprint density at radius 1 is 0.778 bits per heavy atom. The molecule has 1 unspecified atom stereocenters. The van der Waals surface area contributed by atoms with E-state index in [0.717, 1.165) is 30.5 Å². The number of anilines is 2. The monoisotopic (exact) mass is 606 g/mol. The van der Waals surface area contributed by atoms with Crippen LogP contribution in [0.25, 0.3) is 0 Å². The zero-order valence-corrected chi connectivity index (χ0v) is 26.1. The van der Waals surface area contributed by atoms with E-state index in [2.05, 4.69) is 12.2 Å². The second kappa shape index (κ2) is 17.4. The van der Waals surface area contributed by atoms with Crippen LogP contribution in [0.2, 0.25) is 0 Å². The highest BCUT2D eigenvalue weighted by atomic mass is 16.5. The van der Waals surface area contributed by atoms with Crippen molar-refractivity contribution in [2.45, 2.75) is 51.5 Å². The Labute approximate surface area is 266 Å². The van der Waals surface area contributed by atoms with Crippen molar-refractivity contribution in [3.8, 4) is 5.75 Å². The minimum Gasteiger partial charge on any atom is -0.494 e. The van der Waals surface area contributed by atoms with E-state index < -0.39 is 12.0 Å². The number of para-hydroxylation sites is 2. The van der Waals surface area contributed by atoms with Gasteiger partial charge in [0.15, 0.2) is 5.78 Å². The second-order valence-corrected chi connectivity index (χ2v) is 10.8. The summed E-state index contributed by atoms with van der Waals surface area (Å²) >= 11 is 0. The third-order valence-electron chi connectivity index (χ3n) is 7.54. The first kappa shape index (κ1) is 33.0. The zero-order valence-electron chi connectivity index (χ0n) is 26.1.